The number of hydrogen-bond acceptors (Lipinski definition) is 2. The van der Waals surface area contributed by atoms with E-state index in [9.17, 15) is 4.79 Å². The van der Waals surface area contributed by atoms with Crippen molar-refractivity contribution in [2.45, 2.75) is 46.0 Å². The number of rotatable bonds is 5. The molecule has 0 saturated carbocycles. The molecule has 0 radical (unpaired) electrons. The van der Waals surface area contributed by atoms with E-state index in [1.165, 1.54) is 0 Å². The molecule has 1 saturated heterocycles. The molecule has 16 heavy (non-hydrogen) atoms. The smallest absolute Gasteiger partial charge is 0.222 e. The molecule has 0 spiro atoms. The summed E-state index contributed by atoms with van der Waals surface area (Å²) in [6, 6.07) is 0. The van der Waals surface area contributed by atoms with E-state index < -0.39 is 0 Å². The number of likely N-dealkylation sites (tertiary alicyclic amines) is 1. The first-order chi connectivity index (χ1) is 7.71. The molecular weight excluding hydrogens is 202 g/mol. The summed E-state index contributed by atoms with van der Waals surface area (Å²) in [6.45, 7) is 6.25. The van der Waals surface area contributed by atoms with E-state index in [-0.39, 0.29) is 6.61 Å². The number of amides is 1. The van der Waals surface area contributed by atoms with Gasteiger partial charge < -0.3 is 10.0 Å². The van der Waals surface area contributed by atoms with Crippen molar-refractivity contribution in [1.29, 1.82) is 0 Å². The predicted octanol–water partition coefficient (Wildman–Crippen LogP) is 2.04. The van der Waals surface area contributed by atoms with Gasteiger partial charge in [0.05, 0.1) is 0 Å². The summed E-state index contributed by atoms with van der Waals surface area (Å²) in [5.41, 5.74) is 0. The maximum Gasteiger partial charge on any atom is 0.222 e. The van der Waals surface area contributed by atoms with Crippen LogP contribution in [0.1, 0.15) is 46.0 Å². The zero-order chi connectivity index (χ0) is 12.0. The van der Waals surface area contributed by atoms with Crippen molar-refractivity contribution in [3.8, 4) is 0 Å². The number of aliphatic hydroxyl groups excluding tert-OH is 1. The van der Waals surface area contributed by atoms with Crippen molar-refractivity contribution in [3.63, 3.8) is 0 Å². The zero-order valence-electron chi connectivity index (χ0n) is 10.6. The first-order valence-electron chi connectivity index (χ1n) is 6.59. The highest BCUT2D eigenvalue weighted by molar-refractivity contribution is 5.76. The fourth-order valence-corrected chi connectivity index (χ4v) is 2.32. The van der Waals surface area contributed by atoms with Crippen LogP contribution in [-0.4, -0.2) is 35.6 Å². The lowest BCUT2D eigenvalue weighted by Crippen LogP contribution is -2.39. The van der Waals surface area contributed by atoms with Gasteiger partial charge in [-0.15, -0.1) is 0 Å². The maximum atomic E-state index is 12.0. The van der Waals surface area contributed by atoms with Crippen LogP contribution in [0.3, 0.4) is 0 Å². The van der Waals surface area contributed by atoms with Crippen LogP contribution in [0.15, 0.2) is 0 Å². The van der Waals surface area contributed by atoms with Crippen LogP contribution in [-0.2, 0) is 4.79 Å². The third-order valence-corrected chi connectivity index (χ3v) is 3.84. The Morgan fingerprint density at radius 2 is 1.88 bits per heavy atom. The van der Waals surface area contributed by atoms with Gasteiger partial charge in [-0.05, 0) is 24.7 Å². The summed E-state index contributed by atoms with van der Waals surface area (Å²) < 4.78 is 0. The highest BCUT2D eigenvalue weighted by atomic mass is 16.3. The lowest BCUT2D eigenvalue weighted by atomic mass is 9.95. The van der Waals surface area contributed by atoms with Crippen LogP contribution in [0.5, 0.6) is 0 Å². The van der Waals surface area contributed by atoms with Gasteiger partial charge in [0.25, 0.3) is 0 Å². The van der Waals surface area contributed by atoms with E-state index in [1.807, 2.05) is 4.90 Å². The van der Waals surface area contributed by atoms with Gasteiger partial charge in [-0.2, -0.15) is 0 Å². The van der Waals surface area contributed by atoms with Gasteiger partial charge in [-0.3, -0.25) is 4.79 Å². The molecule has 0 aliphatic carbocycles. The Kier molecular flexibility index (Phi) is 5.81. The van der Waals surface area contributed by atoms with Gasteiger partial charge in [0.2, 0.25) is 5.91 Å². The number of hydrogen-bond donors (Lipinski definition) is 1. The van der Waals surface area contributed by atoms with Crippen molar-refractivity contribution in [3.05, 3.63) is 0 Å². The molecule has 3 nitrogen and oxygen atoms in total. The molecule has 3 heteroatoms. The number of carbonyl (C=O) groups excluding carboxylic acids is 1. The standard InChI is InChI=1S/C13H25NO2/c1-3-11(4-2)9-13(16)14-7-5-12(10-15)6-8-14/h11-12,15H,3-10H2,1-2H3. The Morgan fingerprint density at radius 1 is 1.31 bits per heavy atom. The lowest BCUT2D eigenvalue weighted by Gasteiger charge is -2.32. The number of piperidine rings is 1. The SMILES string of the molecule is CCC(CC)CC(=O)N1CCC(CO)CC1. The highest BCUT2D eigenvalue weighted by Crippen LogP contribution is 2.20. The van der Waals surface area contributed by atoms with Crippen molar-refractivity contribution in [2.75, 3.05) is 19.7 Å². The van der Waals surface area contributed by atoms with Gasteiger partial charge in [0.1, 0.15) is 0 Å². The fraction of sp³-hybridized carbons (Fsp3) is 0.923. The molecule has 1 amide bonds. The van der Waals surface area contributed by atoms with Crippen LogP contribution in [0.2, 0.25) is 0 Å². The van der Waals surface area contributed by atoms with Gasteiger partial charge in [-0.1, -0.05) is 26.7 Å². The van der Waals surface area contributed by atoms with Gasteiger partial charge in [0.15, 0.2) is 0 Å². The Labute approximate surface area is 98.8 Å². The topological polar surface area (TPSA) is 40.5 Å². The molecule has 0 aromatic carbocycles. The summed E-state index contributed by atoms with van der Waals surface area (Å²) in [5, 5.41) is 9.03. The van der Waals surface area contributed by atoms with Gasteiger partial charge in [-0.25, -0.2) is 0 Å². The molecule has 0 atom stereocenters. The molecule has 0 aromatic rings. The van der Waals surface area contributed by atoms with E-state index in [0.29, 0.717) is 24.2 Å². The maximum absolute atomic E-state index is 12.0. The Morgan fingerprint density at radius 3 is 2.31 bits per heavy atom. The summed E-state index contributed by atoms with van der Waals surface area (Å²) in [6.07, 6.45) is 4.82. The minimum atomic E-state index is 0.272. The molecule has 1 aliphatic rings. The third-order valence-electron chi connectivity index (χ3n) is 3.84. The highest BCUT2D eigenvalue weighted by Gasteiger charge is 2.23. The van der Waals surface area contributed by atoms with E-state index in [0.717, 1.165) is 38.8 Å². The molecule has 0 aromatic heterocycles. The second-order valence-corrected chi connectivity index (χ2v) is 4.89. The summed E-state index contributed by atoms with van der Waals surface area (Å²) in [5.74, 6) is 1.27. The van der Waals surface area contributed by atoms with E-state index in [2.05, 4.69) is 13.8 Å². The molecule has 0 bridgehead atoms. The largest absolute Gasteiger partial charge is 0.396 e. The Balaban J connectivity index is 2.32. The molecular formula is C13H25NO2. The Hall–Kier alpha value is -0.570. The molecule has 0 unspecified atom stereocenters. The zero-order valence-corrected chi connectivity index (χ0v) is 10.6. The van der Waals surface area contributed by atoms with Crippen molar-refractivity contribution in [1.82, 2.24) is 4.90 Å². The van der Waals surface area contributed by atoms with Crippen molar-refractivity contribution >= 4 is 5.91 Å². The molecule has 1 N–H and O–H groups in total. The molecule has 1 rings (SSSR count). The summed E-state index contributed by atoms with van der Waals surface area (Å²) in [4.78, 5) is 14.0. The minimum Gasteiger partial charge on any atom is -0.396 e. The normalized spacial score (nSPS) is 18.1. The van der Waals surface area contributed by atoms with Crippen LogP contribution < -0.4 is 0 Å². The van der Waals surface area contributed by atoms with Gasteiger partial charge >= 0.3 is 0 Å². The minimum absolute atomic E-state index is 0.272. The van der Waals surface area contributed by atoms with Crippen LogP contribution in [0, 0.1) is 11.8 Å². The van der Waals surface area contributed by atoms with Crippen LogP contribution in [0.25, 0.3) is 0 Å². The van der Waals surface area contributed by atoms with E-state index in [4.69, 9.17) is 5.11 Å². The Bertz CT molecular complexity index is 206. The molecule has 94 valence electrons. The third kappa shape index (κ3) is 3.78. The average molecular weight is 227 g/mol. The number of aliphatic hydroxyl groups is 1. The van der Waals surface area contributed by atoms with Crippen molar-refractivity contribution < 1.29 is 9.90 Å². The lowest BCUT2D eigenvalue weighted by molar-refractivity contribution is -0.133. The first-order valence-corrected chi connectivity index (χ1v) is 6.59. The second-order valence-electron chi connectivity index (χ2n) is 4.89. The quantitative estimate of drug-likeness (QED) is 0.781. The van der Waals surface area contributed by atoms with E-state index in [1.54, 1.807) is 0 Å². The second kappa shape index (κ2) is 6.89. The summed E-state index contributed by atoms with van der Waals surface area (Å²) in [7, 11) is 0. The molecule has 1 fully saturated rings. The summed E-state index contributed by atoms with van der Waals surface area (Å²) >= 11 is 0. The number of carbonyl (C=O) groups is 1. The van der Waals surface area contributed by atoms with Gasteiger partial charge in [0, 0.05) is 26.1 Å². The number of nitrogens with zero attached hydrogens (tertiary/aromatic N) is 1. The average Bonchev–Trinajstić information content (AvgIpc) is 2.35. The monoisotopic (exact) mass is 227 g/mol. The van der Waals surface area contributed by atoms with E-state index >= 15 is 0 Å². The predicted molar refractivity (Wildman–Crippen MR) is 65.1 cm³/mol. The molecule has 1 heterocycles. The first kappa shape index (κ1) is 13.5. The van der Waals surface area contributed by atoms with Crippen LogP contribution >= 0.6 is 0 Å². The van der Waals surface area contributed by atoms with Crippen LogP contribution in [0.4, 0.5) is 0 Å². The van der Waals surface area contributed by atoms with Crippen molar-refractivity contribution in [2.24, 2.45) is 11.8 Å². The fourth-order valence-electron chi connectivity index (χ4n) is 2.32. The molecule has 1 aliphatic heterocycles.